The lowest BCUT2D eigenvalue weighted by Gasteiger charge is -2.35. The van der Waals surface area contributed by atoms with Crippen LogP contribution < -0.4 is 21.9 Å². The van der Waals surface area contributed by atoms with Crippen LogP contribution >= 0.6 is 55.4 Å². The fraction of sp³-hybridized carbons (Fsp3) is 0.732. The third kappa shape index (κ3) is 15.7. The van der Waals surface area contributed by atoms with E-state index >= 15 is 0 Å². The molecule has 6 rings (SSSR count). The minimum absolute atomic E-state index is 0.0643. The van der Waals surface area contributed by atoms with Crippen molar-refractivity contribution in [2.45, 2.75) is 154 Å². The first-order valence-corrected chi connectivity index (χ1v) is 26.3. The number of hydrogen-bond acceptors (Lipinski definition) is 28. The minimum Gasteiger partial charge on any atom is -0.457 e. The summed E-state index contributed by atoms with van der Waals surface area (Å²) in [4.78, 5) is 87.8. The second kappa shape index (κ2) is 24.6. The van der Waals surface area contributed by atoms with E-state index in [4.69, 9.17) is 61.6 Å². The lowest BCUT2D eigenvalue weighted by atomic mass is 10.1. The molecule has 4 saturated heterocycles. The molecule has 30 heteroatoms. The zero-order valence-electron chi connectivity index (χ0n) is 40.0. The van der Waals surface area contributed by atoms with Crippen LogP contribution in [-0.2, 0) is 85.6 Å². The number of alkyl halides is 2. The summed E-state index contributed by atoms with van der Waals surface area (Å²) in [5.74, 6) is -5.22. The van der Waals surface area contributed by atoms with Gasteiger partial charge in [0, 0.05) is 69.2 Å². The number of thioether (sulfide) groups is 2. The molecule has 26 nitrogen and oxygen atoms in total. The number of halogens is 2. The molecule has 0 amide bonds. The van der Waals surface area contributed by atoms with Gasteiger partial charge in [-0.1, -0.05) is 31.9 Å². The number of esters is 5. The average molecular weight is 1180 g/mol. The highest BCUT2D eigenvalue weighted by Gasteiger charge is 2.60. The van der Waals surface area contributed by atoms with Crippen molar-refractivity contribution in [2.75, 3.05) is 35.3 Å². The molecule has 0 aliphatic carbocycles. The molecule has 71 heavy (non-hydrogen) atoms. The molecule has 6 aliphatic heterocycles. The lowest BCUT2D eigenvalue weighted by molar-refractivity contribution is -0.227. The molecule has 12 atom stereocenters. The molecule has 0 radical (unpaired) electrons. The third-order valence-corrected chi connectivity index (χ3v) is 13.5. The Morgan fingerprint density at radius 1 is 0.592 bits per heavy atom. The first-order chi connectivity index (χ1) is 33.4. The number of ether oxygens (including phenoxy) is 13. The molecular formula is C41H58Br2N6O20S2. The van der Waals surface area contributed by atoms with Crippen molar-refractivity contribution in [1.82, 2.24) is 31.9 Å². The molecule has 0 aromatic rings. The Labute approximate surface area is 433 Å². The SMILES string of the molecule is CC(=O)OC(CN1C=C(CSC(=O)OC(CBr)[C@H]2O[C@@H]3OC(C)(C)O[C@@H]3[C@H]2OC(C)=O)NN1)C(OC(C)=O)C(CN1C=C(CSC(=O)OC(CBr)[C@H]2O[C@@H]3OC(C)(C)O[C@@H]3[C@H]2OC(C)=O)NN1)OC(C)=O. The molecule has 0 saturated carbocycles. The Bertz CT molecular complexity index is 1930. The third-order valence-electron chi connectivity index (χ3n) is 10.6. The second-order valence-electron chi connectivity index (χ2n) is 17.4. The van der Waals surface area contributed by atoms with Gasteiger partial charge in [-0.3, -0.25) is 34.0 Å². The van der Waals surface area contributed by atoms with Gasteiger partial charge in [0.05, 0.1) is 24.5 Å². The summed E-state index contributed by atoms with van der Waals surface area (Å²) in [5.41, 5.74) is 12.6. The Balaban J connectivity index is 1.04. The summed E-state index contributed by atoms with van der Waals surface area (Å²) in [6.45, 7) is 12.4. The van der Waals surface area contributed by atoms with Gasteiger partial charge in [0.1, 0.15) is 24.4 Å². The van der Waals surface area contributed by atoms with E-state index in [1.165, 1.54) is 23.9 Å². The zero-order chi connectivity index (χ0) is 51.9. The predicted molar refractivity (Wildman–Crippen MR) is 250 cm³/mol. The van der Waals surface area contributed by atoms with Gasteiger partial charge in [-0.05, 0) is 51.2 Å². The van der Waals surface area contributed by atoms with E-state index in [9.17, 15) is 33.6 Å². The fourth-order valence-corrected chi connectivity index (χ4v) is 10.4. The summed E-state index contributed by atoms with van der Waals surface area (Å²) in [7, 11) is 0. The Morgan fingerprint density at radius 3 is 1.31 bits per heavy atom. The van der Waals surface area contributed by atoms with Gasteiger partial charge in [0.2, 0.25) is 0 Å². The van der Waals surface area contributed by atoms with Crippen molar-refractivity contribution in [2.24, 2.45) is 0 Å². The summed E-state index contributed by atoms with van der Waals surface area (Å²) in [5, 5.41) is 1.87. The molecule has 6 aliphatic rings. The van der Waals surface area contributed by atoms with Crippen molar-refractivity contribution in [3.8, 4) is 0 Å². The summed E-state index contributed by atoms with van der Waals surface area (Å²) < 4.78 is 75.0. The van der Waals surface area contributed by atoms with Crippen LogP contribution in [0.3, 0.4) is 0 Å². The van der Waals surface area contributed by atoms with Crippen molar-refractivity contribution < 1.29 is 95.1 Å². The smallest absolute Gasteiger partial charge is 0.368 e. The highest BCUT2D eigenvalue weighted by atomic mass is 79.9. The van der Waals surface area contributed by atoms with Crippen molar-refractivity contribution in [3.63, 3.8) is 0 Å². The van der Waals surface area contributed by atoms with Gasteiger partial charge >= 0.3 is 40.4 Å². The van der Waals surface area contributed by atoms with Crippen LogP contribution in [0.15, 0.2) is 23.8 Å². The summed E-state index contributed by atoms with van der Waals surface area (Å²) in [6.07, 6.45) is -9.33. The number of hydrogen-bond donors (Lipinski definition) is 4. The Hall–Kier alpha value is -3.69. The van der Waals surface area contributed by atoms with Crippen LogP contribution in [0.1, 0.15) is 62.3 Å². The molecule has 0 aromatic carbocycles. The number of nitrogens with zero attached hydrogens (tertiary/aromatic N) is 2. The van der Waals surface area contributed by atoms with E-state index in [2.05, 4.69) is 53.8 Å². The highest BCUT2D eigenvalue weighted by Crippen LogP contribution is 2.42. The quantitative estimate of drug-likeness (QED) is 0.0726. The van der Waals surface area contributed by atoms with Crippen LogP contribution in [0.4, 0.5) is 9.59 Å². The number of carbonyl (C=O) groups excluding carboxylic acids is 7. The molecular weight excluding hydrogens is 1120 g/mol. The van der Waals surface area contributed by atoms with Gasteiger partial charge in [-0.2, -0.15) is 0 Å². The first-order valence-electron chi connectivity index (χ1n) is 22.1. The number of fused-ring (bicyclic) bond motifs is 2. The van der Waals surface area contributed by atoms with Crippen LogP contribution in [0.5, 0.6) is 0 Å². The molecule has 4 fully saturated rings. The summed E-state index contributed by atoms with van der Waals surface area (Å²) in [6, 6.07) is 0. The van der Waals surface area contributed by atoms with Gasteiger partial charge in [0.15, 0.2) is 66.9 Å². The topological polar surface area (TPSA) is 294 Å². The van der Waals surface area contributed by atoms with Gasteiger partial charge in [-0.15, -0.1) is 11.1 Å². The fourth-order valence-electron chi connectivity index (χ4n) is 8.17. The number of rotatable bonds is 21. The molecule has 4 unspecified atom stereocenters. The van der Waals surface area contributed by atoms with E-state index in [0.29, 0.717) is 11.4 Å². The molecule has 4 N–H and O–H groups in total. The van der Waals surface area contributed by atoms with E-state index in [0.717, 1.165) is 44.3 Å². The molecule has 398 valence electrons. The number of hydrazine groups is 4. The maximum absolute atomic E-state index is 13.1. The van der Waals surface area contributed by atoms with E-state index in [-0.39, 0.29) is 35.3 Å². The number of carbonyl (C=O) groups is 7. The lowest BCUT2D eigenvalue weighted by Crippen LogP contribution is -2.55. The first kappa shape index (κ1) is 56.6. The average Bonchev–Trinajstić information content (AvgIpc) is 4.12. The maximum atomic E-state index is 13.1. The van der Waals surface area contributed by atoms with Gasteiger partial charge < -0.3 is 72.4 Å². The molecule has 0 bridgehead atoms. The van der Waals surface area contributed by atoms with Gasteiger partial charge in [0.25, 0.3) is 0 Å². The standard InChI is InChI=1S/C41H58Br2N6O20S2/c1-18(50)57-27(14-48-12-23(44-46-48)16-70-38(55)62-25(10-42)30-32(60-21(4)53)34-36(64-30)68-40(6,7)66-34)29(59-20(3)52)28(58-19(2)51)15-49-13-24(45-47-49)17-71-39(56)63-26(11-43)31-33(61-22(5)54)35-37(65-31)69-41(8,9)67-35/h12-13,25-37,44-47H,10-11,14-17H2,1-9H3/t25?,26?,27?,28?,29?,30-,31-,32+,33+,34-,35-,36-,37-/m1/s1. The van der Waals surface area contributed by atoms with Crippen LogP contribution in [0.2, 0.25) is 0 Å². The normalized spacial score (nSPS) is 28.9. The van der Waals surface area contributed by atoms with E-state index < -0.39 is 132 Å². The maximum Gasteiger partial charge on any atom is 0.368 e. The van der Waals surface area contributed by atoms with Crippen LogP contribution in [0.25, 0.3) is 0 Å². The predicted octanol–water partition coefficient (Wildman–Crippen LogP) is 2.00. The highest BCUT2D eigenvalue weighted by molar-refractivity contribution is 9.09. The largest absolute Gasteiger partial charge is 0.457 e. The molecule has 0 spiro atoms. The summed E-state index contributed by atoms with van der Waals surface area (Å²) >= 11 is 8.34. The molecule has 0 aromatic heterocycles. The molecule has 6 heterocycles. The Kier molecular flexibility index (Phi) is 19.6. The zero-order valence-corrected chi connectivity index (χ0v) is 44.8. The second-order valence-corrected chi connectivity index (χ2v) is 20.6. The van der Waals surface area contributed by atoms with E-state index in [1.54, 1.807) is 40.1 Å². The van der Waals surface area contributed by atoms with Crippen molar-refractivity contribution in [1.29, 1.82) is 0 Å². The van der Waals surface area contributed by atoms with Crippen molar-refractivity contribution in [3.05, 3.63) is 23.8 Å². The van der Waals surface area contributed by atoms with Gasteiger partial charge in [-0.25, -0.2) is 9.59 Å². The van der Waals surface area contributed by atoms with Crippen LogP contribution in [-0.4, -0.2) is 177 Å². The monoisotopic (exact) mass is 1180 g/mol. The number of nitrogens with one attached hydrogen (secondary N) is 4. The minimum atomic E-state index is -1.38. The Morgan fingerprint density at radius 2 is 0.972 bits per heavy atom. The van der Waals surface area contributed by atoms with Crippen LogP contribution in [0, 0.1) is 0 Å². The van der Waals surface area contributed by atoms with E-state index in [1.807, 2.05) is 0 Å². The van der Waals surface area contributed by atoms with Crippen molar-refractivity contribution >= 4 is 95.8 Å².